The number of nitrogens with one attached hydrogen (secondary N) is 2. The van der Waals surface area contributed by atoms with Crippen LogP contribution in [-0.2, 0) is 9.59 Å². The highest BCUT2D eigenvalue weighted by molar-refractivity contribution is 6.31. The van der Waals surface area contributed by atoms with E-state index in [-0.39, 0.29) is 24.8 Å². The fraction of sp³-hybridized carbons (Fsp3) is 0.200. The summed E-state index contributed by atoms with van der Waals surface area (Å²) in [6, 6.07) is 20.6. The van der Waals surface area contributed by atoms with E-state index < -0.39 is 5.92 Å². The van der Waals surface area contributed by atoms with Crippen LogP contribution in [0.1, 0.15) is 12.0 Å². The Balaban J connectivity index is 1.49. The molecule has 1 aliphatic heterocycles. The Morgan fingerprint density at radius 3 is 2.50 bits per heavy atom. The van der Waals surface area contributed by atoms with Crippen LogP contribution in [0.4, 0.5) is 22.7 Å². The number of nitrogens with zero attached hydrogens (tertiary/aromatic N) is 1. The second-order valence-corrected chi connectivity index (χ2v) is 8.18. The van der Waals surface area contributed by atoms with Crippen LogP contribution in [-0.4, -0.2) is 25.5 Å². The SMILES string of the molecule is COc1ccc(Cl)cc1N1CC(C(=O)Nc2ccccc2Nc2ccc(C)cc2)CC1=O. The van der Waals surface area contributed by atoms with Crippen molar-refractivity contribution in [1.29, 1.82) is 0 Å². The van der Waals surface area contributed by atoms with E-state index in [1.807, 2.05) is 55.5 Å². The average molecular weight is 450 g/mol. The lowest BCUT2D eigenvalue weighted by Crippen LogP contribution is -2.28. The zero-order valence-electron chi connectivity index (χ0n) is 17.9. The summed E-state index contributed by atoms with van der Waals surface area (Å²) in [5.41, 5.74) is 4.10. The summed E-state index contributed by atoms with van der Waals surface area (Å²) in [5, 5.41) is 6.81. The van der Waals surface area contributed by atoms with E-state index in [9.17, 15) is 9.59 Å². The number of amides is 2. The summed E-state index contributed by atoms with van der Waals surface area (Å²) < 4.78 is 5.37. The number of methoxy groups -OCH3 is 1. The normalized spacial score (nSPS) is 15.5. The standard InChI is InChI=1S/C25H24ClN3O3/c1-16-7-10-19(11-8-16)27-20-5-3-4-6-21(20)28-25(31)17-13-24(30)29(15-17)22-14-18(26)9-12-23(22)32-2/h3-12,14,17,27H,13,15H2,1-2H3,(H,28,31). The highest BCUT2D eigenvalue weighted by Gasteiger charge is 2.36. The number of ether oxygens (including phenoxy) is 1. The molecule has 0 spiro atoms. The Morgan fingerprint density at radius 2 is 1.78 bits per heavy atom. The molecule has 32 heavy (non-hydrogen) atoms. The molecular weight excluding hydrogens is 426 g/mol. The van der Waals surface area contributed by atoms with Gasteiger partial charge in [0, 0.05) is 23.7 Å². The second kappa shape index (κ2) is 9.32. The van der Waals surface area contributed by atoms with Crippen LogP contribution in [0.2, 0.25) is 5.02 Å². The molecule has 7 heteroatoms. The van der Waals surface area contributed by atoms with Crippen LogP contribution in [0, 0.1) is 12.8 Å². The van der Waals surface area contributed by atoms with Crippen molar-refractivity contribution in [1.82, 2.24) is 0 Å². The van der Waals surface area contributed by atoms with Gasteiger partial charge in [0.05, 0.1) is 30.1 Å². The third-order valence-corrected chi connectivity index (χ3v) is 5.68. The molecular formula is C25H24ClN3O3. The summed E-state index contributed by atoms with van der Waals surface area (Å²) in [7, 11) is 1.54. The van der Waals surface area contributed by atoms with Crippen LogP contribution >= 0.6 is 11.6 Å². The van der Waals surface area contributed by atoms with Gasteiger partial charge in [0.2, 0.25) is 11.8 Å². The van der Waals surface area contributed by atoms with E-state index in [4.69, 9.17) is 16.3 Å². The Morgan fingerprint density at radius 1 is 1.06 bits per heavy atom. The topological polar surface area (TPSA) is 70.7 Å². The predicted molar refractivity (Wildman–Crippen MR) is 128 cm³/mol. The second-order valence-electron chi connectivity index (χ2n) is 7.75. The van der Waals surface area contributed by atoms with Gasteiger partial charge in [-0.25, -0.2) is 0 Å². The molecule has 164 valence electrons. The zero-order chi connectivity index (χ0) is 22.7. The maximum absolute atomic E-state index is 13.0. The van der Waals surface area contributed by atoms with Crippen LogP contribution in [0.15, 0.2) is 66.7 Å². The summed E-state index contributed by atoms with van der Waals surface area (Å²) in [4.78, 5) is 27.3. The van der Waals surface area contributed by atoms with E-state index in [1.165, 1.54) is 12.7 Å². The van der Waals surface area contributed by atoms with E-state index in [0.29, 0.717) is 22.1 Å². The lowest BCUT2D eigenvalue weighted by molar-refractivity contribution is -0.122. The number of carbonyl (C=O) groups excluding carboxylic acids is 2. The molecule has 3 aromatic carbocycles. The summed E-state index contributed by atoms with van der Waals surface area (Å²) in [6.45, 7) is 2.29. The summed E-state index contributed by atoms with van der Waals surface area (Å²) in [6.07, 6.45) is 0.120. The molecule has 0 saturated carbocycles. The summed E-state index contributed by atoms with van der Waals surface area (Å²) >= 11 is 6.12. The molecule has 1 heterocycles. The molecule has 0 aliphatic carbocycles. The lowest BCUT2D eigenvalue weighted by atomic mass is 10.1. The summed E-state index contributed by atoms with van der Waals surface area (Å²) in [5.74, 6) is -0.299. The van der Waals surface area contributed by atoms with Gasteiger partial charge in [-0.3, -0.25) is 9.59 Å². The molecule has 1 atom stereocenters. The number of rotatable bonds is 6. The average Bonchev–Trinajstić information content (AvgIpc) is 3.18. The van der Waals surface area contributed by atoms with Crippen molar-refractivity contribution in [3.63, 3.8) is 0 Å². The minimum atomic E-state index is -0.487. The molecule has 1 aliphatic rings. The van der Waals surface area contributed by atoms with Crippen molar-refractivity contribution in [2.24, 2.45) is 5.92 Å². The Bertz CT molecular complexity index is 1150. The number of hydrogen-bond acceptors (Lipinski definition) is 4. The molecule has 4 rings (SSSR count). The van der Waals surface area contributed by atoms with Crippen molar-refractivity contribution in [2.75, 3.05) is 29.2 Å². The molecule has 0 radical (unpaired) electrons. The Labute approximate surface area is 192 Å². The van der Waals surface area contributed by atoms with Crippen molar-refractivity contribution < 1.29 is 14.3 Å². The first-order chi connectivity index (χ1) is 15.4. The van der Waals surface area contributed by atoms with Crippen LogP contribution in [0.3, 0.4) is 0 Å². The van der Waals surface area contributed by atoms with Crippen LogP contribution in [0.5, 0.6) is 5.75 Å². The maximum atomic E-state index is 13.0. The lowest BCUT2D eigenvalue weighted by Gasteiger charge is -2.20. The Kier molecular flexibility index (Phi) is 6.32. The molecule has 3 aromatic rings. The van der Waals surface area contributed by atoms with E-state index in [2.05, 4.69) is 10.6 Å². The number of aryl methyl sites for hydroxylation is 1. The largest absolute Gasteiger partial charge is 0.495 e. The fourth-order valence-electron chi connectivity index (χ4n) is 3.72. The van der Waals surface area contributed by atoms with E-state index >= 15 is 0 Å². The third-order valence-electron chi connectivity index (χ3n) is 5.44. The zero-order valence-corrected chi connectivity index (χ0v) is 18.6. The van der Waals surface area contributed by atoms with Gasteiger partial charge in [0.15, 0.2) is 0 Å². The minimum absolute atomic E-state index is 0.120. The smallest absolute Gasteiger partial charge is 0.229 e. The van der Waals surface area contributed by atoms with E-state index in [1.54, 1.807) is 23.1 Å². The van der Waals surface area contributed by atoms with Crippen molar-refractivity contribution in [2.45, 2.75) is 13.3 Å². The van der Waals surface area contributed by atoms with Gasteiger partial charge >= 0.3 is 0 Å². The molecule has 6 nitrogen and oxygen atoms in total. The van der Waals surface area contributed by atoms with Gasteiger partial charge < -0.3 is 20.3 Å². The number of para-hydroxylation sites is 2. The van der Waals surface area contributed by atoms with Gasteiger partial charge in [-0.15, -0.1) is 0 Å². The molecule has 1 saturated heterocycles. The van der Waals surface area contributed by atoms with Gasteiger partial charge in [0.25, 0.3) is 0 Å². The Hall–Kier alpha value is -3.51. The molecule has 2 N–H and O–H groups in total. The first-order valence-electron chi connectivity index (χ1n) is 10.3. The van der Waals surface area contributed by atoms with Gasteiger partial charge in [-0.1, -0.05) is 41.4 Å². The number of carbonyl (C=O) groups is 2. The number of anilines is 4. The first kappa shape index (κ1) is 21.7. The monoisotopic (exact) mass is 449 g/mol. The van der Waals surface area contributed by atoms with Gasteiger partial charge in [0.1, 0.15) is 5.75 Å². The van der Waals surface area contributed by atoms with Gasteiger partial charge in [-0.2, -0.15) is 0 Å². The third kappa shape index (κ3) is 4.70. The first-order valence-corrected chi connectivity index (χ1v) is 10.7. The molecule has 2 amide bonds. The van der Waals surface area contributed by atoms with E-state index in [0.717, 1.165) is 11.4 Å². The van der Waals surface area contributed by atoms with Crippen LogP contribution < -0.4 is 20.3 Å². The number of hydrogen-bond donors (Lipinski definition) is 2. The predicted octanol–water partition coefficient (Wildman–Crippen LogP) is 5.39. The van der Waals surface area contributed by atoms with Gasteiger partial charge in [-0.05, 0) is 49.4 Å². The molecule has 1 fully saturated rings. The fourth-order valence-corrected chi connectivity index (χ4v) is 3.88. The minimum Gasteiger partial charge on any atom is -0.495 e. The van der Waals surface area contributed by atoms with Crippen molar-refractivity contribution in [3.05, 3.63) is 77.3 Å². The highest BCUT2D eigenvalue weighted by Crippen LogP contribution is 2.36. The highest BCUT2D eigenvalue weighted by atomic mass is 35.5. The molecule has 1 unspecified atom stereocenters. The maximum Gasteiger partial charge on any atom is 0.229 e. The van der Waals surface area contributed by atoms with Crippen molar-refractivity contribution in [3.8, 4) is 5.75 Å². The number of benzene rings is 3. The molecule has 0 bridgehead atoms. The van der Waals surface area contributed by atoms with Crippen LogP contribution in [0.25, 0.3) is 0 Å². The number of halogens is 1. The molecule has 0 aromatic heterocycles. The quantitative estimate of drug-likeness (QED) is 0.529. The van der Waals surface area contributed by atoms with Crippen molar-refractivity contribution >= 4 is 46.2 Å².